The quantitative estimate of drug-likeness (QED) is 0.720. The average molecular weight is 279 g/mol. The molecule has 0 aliphatic rings. The highest BCUT2D eigenvalue weighted by Gasteiger charge is 2.23. The molecule has 0 aliphatic carbocycles. The minimum Gasteiger partial charge on any atom is -0.316 e. The lowest BCUT2D eigenvalue weighted by Gasteiger charge is -2.28. The fourth-order valence-electron chi connectivity index (χ4n) is 2.86. The third kappa shape index (κ3) is 4.30. The molecule has 0 aromatic heterocycles. The maximum atomic E-state index is 4.04. The largest absolute Gasteiger partial charge is 0.316 e. The van der Waals surface area contributed by atoms with Crippen LogP contribution in [0.4, 0.5) is 0 Å². The van der Waals surface area contributed by atoms with E-state index in [-0.39, 0.29) is 0 Å². The molecule has 0 radical (unpaired) electrons. The molecule has 2 rings (SSSR count). The number of benzene rings is 2. The second kappa shape index (κ2) is 7.80. The Morgan fingerprint density at radius 1 is 0.952 bits per heavy atom. The van der Waals surface area contributed by atoms with Crippen LogP contribution in [0.5, 0.6) is 0 Å². The van der Waals surface area contributed by atoms with Gasteiger partial charge < -0.3 is 5.32 Å². The summed E-state index contributed by atoms with van der Waals surface area (Å²) in [6, 6.07) is 22.0. The zero-order valence-corrected chi connectivity index (χ0v) is 13.0. The summed E-state index contributed by atoms with van der Waals surface area (Å²) < 4.78 is 0. The van der Waals surface area contributed by atoms with E-state index in [1.165, 1.54) is 16.7 Å². The highest BCUT2D eigenvalue weighted by molar-refractivity contribution is 5.34. The Morgan fingerprint density at radius 2 is 1.43 bits per heavy atom. The number of hydrogen-bond donors (Lipinski definition) is 1. The van der Waals surface area contributed by atoms with Gasteiger partial charge in [0.05, 0.1) is 0 Å². The Morgan fingerprint density at radius 3 is 1.81 bits per heavy atom. The van der Waals surface area contributed by atoms with Crippen LogP contribution in [0.3, 0.4) is 0 Å². The first-order valence-corrected chi connectivity index (χ1v) is 7.64. The fourth-order valence-corrected chi connectivity index (χ4v) is 2.86. The van der Waals surface area contributed by atoms with E-state index in [1.54, 1.807) is 0 Å². The van der Waals surface area contributed by atoms with Crippen LogP contribution < -0.4 is 5.32 Å². The van der Waals surface area contributed by atoms with Gasteiger partial charge in [-0.1, -0.05) is 66.2 Å². The molecule has 0 fully saturated rings. The third-order valence-electron chi connectivity index (χ3n) is 3.97. The molecule has 0 heterocycles. The predicted molar refractivity (Wildman–Crippen MR) is 91.6 cm³/mol. The SMILES string of the molecule is C=C(C)CCC(NC)C(c1ccccc1)c1ccccc1. The van der Waals surface area contributed by atoms with Gasteiger partial charge in [-0.15, -0.1) is 6.58 Å². The Bertz CT molecular complexity index is 505. The molecule has 1 atom stereocenters. The minimum absolute atomic E-state index is 0.372. The van der Waals surface area contributed by atoms with Crippen molar-refractivity contribution in [2.45, 2.75) is 31.7 Å². The summed E-state index contributed by atoms with van der Waals surface area (Å²) >= 11 is 0. The lowest BCUT2D eigenvalue weighted by atomic mass is 9.83. The second-order valence-corrected chi connectivity index (χ2v) is 5.69. The van der Waals surface area contributed by atoms with E-state index in [4.69, 9.17) is 0 Å². The van der Waals surface area contributed by atoms with Gasteiger partial charge in [0, 0.05) is 12.0 Å². The molecule has 21 heavy (non-hydrogen) atoms. The highest BCUT2D eigenvalue weighted by atomic mass is 14.9. The standard InChI is InChI=1S/C20H25N/c1-16(2)14-15-19(21-3)20(17-10-6-4-7-11-17)18-12-8-5-9-13-18/h4-13,19-21H,1,14-15H2,2-3H3. The van der Waals surface area contributed by atoms with E-state index in [0.29, 0.717) is 12.0 Å². The van der Waals surface area contributed by atoms with Gasteiger partial charge >= 0.3 is 0 Å². The Balaban J connectivity index is 2.33. The fraction of sp³-hybridized carbons (Fsp3) is 0.300. The Hall–Kier alpha value is -1.86. The second-order valence-electron chi connectivity index (χ2n) is 5.69. The first-order chi connectivity index (χ1) is 10.2. The summed E-state index contributed by atoms with van der Waals surface area (Å²) in [5, 5.41) is 3.51. The van der Waals surface area contributed by atoms with Crippen molar-refractivity contribution in [3.05, 3.63) is 83.9 Å². The zero-order chi connectivity index (χ0) is 15.1. The molecule has 0 bridgehead atoms. The molecule has 1 nitrogen and oxygen atoms in total. The molecule has 0 saturated heterocycles. The predicted octanol–water partition coefficient (Wildman–Crippen LogP) is 4.76. The molecule has 0 spiro atoms. The summed E-state index contributed by atoms with van der Waals surface area (Å²) in [6.07, 6.45) is 2.15. The van der Waals surface area contributed by atoms with Crippen LogP contribution in [0.25, 0.3) is 0 Å². The van der Waals surface area contributed by atoms with Crippen LogP contribution in [0.15, 0.2) is 72.8 Å². The first-order valence-electron chi connectivity index (χ1n) is 7.64. The summed E-state index contributed by atoms with van der Waals surface area (Å²) in [4.78, 5) is 0. The van der Waals surface area contributed by atoms with Crippen LogP contribution in [0.2, 0.25) is 0 Å². The van der Waals surface area contributed by atoms with Crippen LogP contribution in [0.1, 0.15) is 36.8 Å². The van der Waals surface area contributed by atoms with Crippen molar-refractivity contribution in [1.82, 2.24) is 5.32 Å². The van der Waals surface area contributed by atoms with Gasteiger partial charge in [-0.05, 0) is 37.9 Å². The number of hydrogen-bond acceptors (Lipinski definition) is 1. The van der Waals surface area contributed by atoms with Gasteiger partial charge in [-0.25, -0.2) is 0 Å². The van der Waals surface area contributed by atoms with Crippen molar-refractivity contribution in [1.29, 1.82) is 0 Å². The van der Waals surface area contributed by atoms with Crippen molar-refractivity contribution in [3.63, 3.8) is 0 Å². The van der Waals surface area contributed by atoms with Crippen molar-refractivity contribution in [2.24, 2.45) is 0 Å². The van der Waals surface area contributed by atoms with Crippen LogP contribution >= 0.6 is 0 Å². The maximum absolute atomic E-state index is 4.04. The van der Waals surface area contributed by atoms with Gasteiger partial charge in [0.2, 0.25) is 0 Å². The molecule has 110 valence electrons. The molecule has 0 saturated carbocycles. The monoisotopic (exact) mass is 279 g/mol. The molecule has 1 heteroatoms. The summed E-state index contributed by atoms with van der Waals surface area (Å²) in [7, 11) is 2.06. The normalized spacial score (nSPS) is 12.3. The van der Waals surface area contributed by atoms with Gasteiger partial charge in [0.1, 0.15) is 0 Å². The van der Waals surface area contributed by atoms with E-state index < -0.39 is 0 Å². The molecule has 0 aliphatic heterocycles. The summed E-state index contributed by atoms with van der Waals surface area (Å²) in [6.45, 7) is 6.14. The average Bonchev–Trinajstić information content (AvgIpc) is 2.53. The molecular weight excluding hydrogens is 254 g/mol. The van der Waals surface area contributed by atoms with E-state index in [0.717, 1.165) is 12.8 Å². The molecule has 1 unspecified atom stereocenters. The zero-order valence-electron chi connectivity index (χ0n) is 13.0. The van der Waals surface area contributed by atoms with Crippen LogP contribution in [0, 0.1) is 0 Å². The Kier molecular flexibility index (Phi) is 5.77. The van der Waals surface area contributed by atoms with Crippen LogP contribution in [-0.4, -0.2) is 13.1 Å². The van der Waals surface area contributed by atoms with Crippen molar-refractivity contribution in [3.8, 4) is 0 Å². The number of allylic oxidation sites excluding steroid dienone is 1. The topological polar surface area (TPSA) is 12.0 Å². The molecule has 1 N–H and O–H groups in total. The van der Waals surface area contributed by atoms with Crippen molar-refractivity contribution >= 4 is 0 Å². The van der Waals surface area contributed by atoms with Gasteiger partial charge in [0.25, 0.3) is 0 Å². The first kappa shape index (κ1) is 15.5. The van der Waals surface area contributed by atoms with E-state index in [2.05, 4.69) is 86.5 Å². The molecule has 2 aromatic rings. The maximum Gasteiger partial charge on any atom is 0.0243 e. The summed E-state index contributed by atoms with van der Waals surface area (Å²) in [5.74, 6) is 0.372. The smallest absolute Gasteiger partial charge is 0.0243 e. The van der Waals surface area contributed by atoms with Crippen molar-refractivity contribution < 1.29 is 0 Å². The molecule has 0 amide bonds. The highest BCUT2D eigenvalue weighted by Crippen LogP contribution is 2.30. The van der Waals surface area contributed by atoms with Gasteiger partial charge in [-0.2, -0.15) is 0 Å². The Labute approximate surface area is 128 Å². The van der Waals surface area contributed by atoms with E-state index in [9.17, 15) is 0 Å². The third-order valence-corrected chi connectivity index (χ3v) is 3.97. The van der Waals surface area contributed by atoms with E-state index in [1.807, 2.05) is 0 Å². The van der Waals surface area contributed by atoms with Crippen LogP contribution in [-0.2, 0) is 0 Å². The number of rotatable bonds is 7. The molecule has 2 aromatic carbocycles. The molecular formula is C20H25N. The lowest BCUT2D eigenvalue weighted by Crippen LogP contribution is -2.32. The van der Waals surface area contributed by atoms with Gasteiger partial charge in [-0.3, -0.25) is 0 Å². The van der Waals surface area contributed by atoms with Gasteiger partial charge in [0.15, 0.2) is 0 Å². The number of likely N-dealkylation sites (N-methyl/N-ethyl adjacent to an activating group) is 1. The summed E-state index contributed by atoms with van der Waals surface area (Å²) in [5.41, 5.74) is 3.98. The van der Waals surface area contributed by atoms with E-state index >= 15 is 0 Å². The lowest BCUT2D eigenvalue weighted by molar-refractivity contribution is 0.473. The minimum atomic E-state index is 0.372. The van der Waals surface area contributed by atoms with Crippen molar-refractivity contribution in [2.75, 3.05) is 7.05 Å². The number of nitrogens with one attached hydrogen (secondary N) is 1.